The number of non-ortho nitro benzene ring substituents is 1. The predicted octanol–water partition coefficient (Wildman–Crippen LogP) is 2.06. The molecule has 6 nitrogen and oxygen atoms in total. The Balaban J connectivity index is 1.85. The van der Waals surface area contributed by atoms with Gasteiger partial charge in [0, 0.05) is 18.6 Å². The van der Waals surface area contributed by atoms with E-state index in [2.05, 4.69) is 0 Å². The molecule has 1 fully saturated rings. The highest BCUT2D eigenvalue weighted by molar-refractivity contribution is 6.22. The Kier molecular flexibility index (Phi) is 3.47. The van der Waals surface area contributed by atoms with Crippen LogP contribution in [0.15, 0.2) is 30.5 Å². The van der Waals surface area contributed by atoms with Gasteiger partial charge in [-0.25, -0.2) is 0 Å². The van der Waals surface area contributed by atoms with Gasteiger partial charge in [0.1, 0.15) is 6.10 Å². The fourth-order valence-corrected chi connectivity index (χ4v) is 2.94. The maximum atomic E-state index is 12.5. The first-order valence-corrected chi connectivity index (χ1v) is 6.89. The van der Waals surface area contributed by atoms with Crippen molar-refractivity contribution < 1.29 is 19.6 Å². The van der Waals surface area contributed by atoms with E-state index in [1.807, 2.05) is 0 Å². The van der Waals surface area contributed by atoms with Crippen molar-refractivity contribution in [2.45, 2.75) is 31.5 Å². The molecule has 0 saturated heterocycles. The molecule has 1 heterocycles. The van der Waals surface area contributed by atoms with Gasteiger partial charge in [-0.1, -0.05) is 0 Å². The summed E-state index contributed by atoms with van der Waals surface area (Å²) in [6, 6.07) is 5.87. The number of ether oxygens (including phenoxy) is 1. The molecule has 1 aliphatic heterocycles. The molecule has 0 aromatic heterocycles. The first kappa shape index (κ1) is 13.8. The fraction of sp³-hybridized carbons (Fsp3) is 0.400. The zero-order valence-electron chi connectivity index (χ0n) is 11.3. The van der Waals surface area contributed by atoms with Gasteiger partial charge < -0.3 is 9.84 Å². The molecule has 6 heteroatoms. The summed E-state index contributed by atoms with van der Waals surface area (Å²) >= 11 is 0. The number of hydrogen-bond acceptors (Lipinski definition) is 5. The number of benzene rings is 1. The van der Waals surface area contributed by atoms with E-state index < -0.39 is 11.0 Å². The number of nitro groups is 1. The average Bonchev–Trinajstić information content (AvgIpc) is 2.47. The van der Waals surface area contributed by atoms with Crippen molar-refractivity contribution in [1.82, 2.24) is 0 Å². The summed E-state index contributed by atoms with van der Waals surface area (Å²) in [5.41, 5.74) is 1.06. The first-order valence-electron chi connectivity index (χ1n) is 6.89. The van der Waals surface area contributed by atoms with Crippen molar-refractivity contribution >= 4 is 17.0 Å². The van der Waals surface area contributed by atoms with E-state index in [0.29, 0.717) is 30.4 Å². The largest absolute Gasteiger partial charge is 0.496 e. The molecule has 3 atom stereocenters. The number of rotatable bonds is 2. The van der Waals surface area contributed by atoms with Crippen LogP contribution in [0.4, 0.5) is 5.69 Å². The standard InChI is InChI=1S/C15H15NO5/c17-11-5-6-12-14(7-11)21-8-13(15(12)18)9-1-3-10(4-2-9)16(19)20/h1-4,8,11-12,14,17H,5-7H2. The van der Waals surface area contributed by atoms with Crippen molar-refractivity contribution in [3.8, 4) is 0 Å². The lowest BCUT2D eigenvalue weighted by Crippen LogP contribution is -2.40. The van der Waals surface area contributed by atoms with Crippen LogP contribution >= 0.6 is 0 Å². The molecular formula is C15H15NO5. The van der Waals surface area contributed by atoms with Crippen molar-refractivity contribution in [3.63, 3.8) is 0 Å². The summed E-state index contributed by atoms with van der Waals surface area (Å²) in [4.78, 5) is 22.7. The van der Waals surface area contributed by atoms with Gasteiger partial charge in [-0.15, -0.1) is 0 Å². The molecule has 2 aliphatic rings. The van der Waals surface area contributed by atoms with Crippen molar-refractivity contribution in [2.24, 2.45) is 5.92 Å². The predicted molar refractivity (Wildman–Crippen MR) is 74.3 cm³/mol. The molecule has 0 spiro atoms. The first-order chi connectivity index (χ1) is 10.1. The lowest BCUT2D eigenvalue weighted by atomic mass is 9.78. The minimum absolute atomic E-state index is 0.00740. The fourth-order valence-electron chi connectivity index (χ4n) is 2.94. The third kappa shape index (κ3) is 2.54. The van der Waals surface area contributed by atoms with Crippen LogP contribution in [-0.2, 0) is 9.53 Å². The van der Waals surface area contributed by atoms with Gasteiger partial charge in [-0.2, -0.15) is 0 Å². The number of carbonyl (C=O) groups is 1. The van der Waals surface area contributed by atoms with Crippen molar-refractivity contribution in [2.75, 3.05) is 0 Å². The Labute approximate surface area is 121 Å². The van der Waals surface area contributed by atoms with Gasteiger partial charge in [-0.05, 0) is 30.5 Å². The maximum Gasteiger partial charge on any atom is 0.269 e. The lowest BCUT2D eigenvalue weighted by Gasteiger charge is -2.36. The molecule has 1 saturated carbocycles. The topological polar surface area (TPSA) is 89.7 Å². The molecular weight excluding hydrogens is 274 g/mol. The van der Waals surface area contributed by atoms with E-state index in [9.17, 15) is 20.0 Å². The second-order valence-electron chi connectivity index (χ2n) is 5.45. The summed E-state index contributed by atoms with van der Waals surface area (Å²) in [6.45, 7) is 0. The zero-order chi connectivity index (χ0) is 15.0. The zero-order valence-corrected chi connectivity index (χ0v) is 11.3. The lowest BCUT2D eigenvalue weighted by molar-refractivity contribution is -0.384. The molecule has 3 unspecified atom stereocenters. The molecule has 110 valence electrons. The Morgan fingerprint density at radius 1 is 1.24 bits per heavy atom. The normalized spacial score (nSPS) is 28.3. The van der Waals surface area contributed by atoms with Crippen molar-refractivity contribution in [1.29, 1.82) is 0 Å². The van der Waals surface area contributed by atoms with Gasteiger partial charge in [-0.3, -0.25) is 14.9 Å². The SMILES string of the molecule is O=C1C(c2ccc([N+](=O)[O-])cc2)=COC2CC(O)CCC12. The van der Waals surface area contributed by atoms with E-state index in [4.69, 9.17) is 4.74 Å². The highest BCUT2D eigenvalue weighted by Crippen LogP contribution is 2.36. The van der Waals surface area contributed by atoms with Gasteiger partial charge in [0.2, 0.25) is 0 Å². The minimum atomic E-state index is -0.476. The Morgan fingerprint density at radius 2 is 1.95 bits per heavy atom. The molecule has 0 amide bonds. The van der Waals surface area contributed by atoms with Gasteiger partial charge in [0.25, 0.3) is 5.69 Å². The molecule has 3 rings (SSSR count). The Morgan fingerprint density at radius 3 is 2.62 bits per heavy atom. The summed E-state index contributed by atoms with van der Waals surface area (Å²) in [5, 5.41) is 20.3. The van der Waals surface area contributed by atoms with E-state index >= 15 is 0 Å². The highest BCUT2D eigenvalue weighted by Gasteiger charge is 2.39. The second-order valence-corrected chi connectivity index (χ2v) is 5.45. The maximum absolute atomic E-state index is 12.5. The highest BCUT2D eigenvalue weighted by atomic mass is 16.6. The molecule has 1 N–H and O–H groups in total. The number of aliphatic hydroxyl groups is 1. The van der Waals surface area contributed by atoms with Crippen LogP contribution in [0.25, 0.3) is 5.57 Å². The summed E-state index contributed by atoms with van der Waals surface area (Å²) in [7, 11) is 0. The summed E-state index contributed by atoms with van der Waals surface area (Å²) in [5.74, 6) is -0.240. The summed E-state index contributed by atoms with van der Waals surface area (Å²) < 4.78 is 5.59. The number of aliphatic hydroxyl groups excluding tert-OH is 1. The van der Waals surface area contributed by atoms with E-state index in [1.54, 1.807) is 12.1 Å². The number of hydrogen-bond donors (Lipinski definition) is 1. The van der Waals surface area contributed by atoms with Gasteiger partial charge >= 0.3 is 0 Å². The molecule has 1 aromatic carbocycles. The number of nitrogens with zero attached hydrogens (tertiary/aromatic N) is 1. The van der Waals surface area contributed by atoms with Crippen LogP contribution in [0.5, 0.6) is 0 Å². The van der Waals surface area contributed by atoms with E-state index in [0.717, 1.165) is 0 Å². The molecule has 21 heavy (non-hydrogen) atoms. The third-order valence-corrected chi connectivity index (χ3v) is 4.12. The van der Waals surface area contributed by atoms with E-state index in [-0.39, 0.29) is 23.5 Å². The average molecular weight is 289 g/mol. The van der Waals surface area contributed by atoms with Crippen LogP contribution in [0, 0.1) is 16.0 Å². The number of fused-ring (bicyclic) bond motifs is 1. The molecule has 0 bridgehead atoms. The van der Waals surface area contributed by atoms with E-state index in [1.165, 1.54) is 18.4 Å². The second kappa shape index (κ2) is 5.29. The smallest absolute Gasteiger partial charge is 0.269 e. The number of Topliss-reactive ketones (excluding diaryl/α,β-unsaturated/α-hetero) is 1. The molecule has 1 aliphatic carbocycles. The van der Waals surface area contributed by atoms with Crippen molar-refractivity contribution in [3.05, 3.63) is 46.2 Å². The van der Waals surface area contributed by atoms with Crippen LogP contribution in [0.3, 0.4) is 0 Å². The van der Waals surface area contributed by atoms with Crippen LogP contribution in [0.2, 0.25) is 0 Å². The number of nitro benzene ring substituents is 1. The van der Waals surface area contributed by atoms with Gasteiger partial charge in [0.15, 0.2) is 5.78 Å². The Bertz CT molecular complexity index is 607. The number of allylic oxidation sites excluding steroid dienone is 1. The number of carbonyl (C=O) groups excluding carboxylic acids is 1. The van der Waals surface area contributed by atoms with Crippen LogP contribution < -0.4 is 0 Å². The molecule has 1 aromatic rings. The van der Waals surface area contributed by atoms with Crippen LogP contribution in [-0.4, -0.2) is 28.0 Å². The summed E-state index contributed by atoms with van der Waals surface area (Å²) in [6.07, 6.45) is 2.43. The molecule has 0 radical (unpaired) electrons. The number of ketones is 1. The third-order valence-electron chi connectivity index (χ3n) is 4.12. The Hall–Kier alpha value is -2.21. The van der Waals surface area contributed by atoms with Gasteiger partial charge in [0.05, 0.1) is 28.8 Å². The monoisotopic (exact) mass is 289 g/mol. The quantitative estimate of drug-likeness (QED) is 0.665. The minimum Gasteiger partial charge on any atom is -0.496 e. The van der Waals surface area contributed by atoms with Crippen LogP contribution in [0.1, 0.15) is 24.8 Å².